The number of benzene rings is 2. The third-order valence-electron chi connectivity index (χ3n) is 5.20. The highest BCUT2D eigenvalue weighted by Crippen LogP contribution is 2.08. The summed E-state index contributed by atoms with van der Waals surface area (Å²) in [5.41, 5.74) is 1.83. The Labute approximate surface area is 201 Å². The molecule has 3 N–H and O–H groups in total. The van der Waals surface area contributed by atoms with E-state index >= 15 is 0 Å². The van der Waals surface area contributed by atoms with Gasteiger partial charge in [0, 0.05) is 13.0 Å². The maximum atomic E-state index is 13.4. The smallest absolute Gasteiger partial charge is 0.245 e. The molecule has 0 saturated heterocycles. The number of amides is 3. The Morgan fingerprint density at radius 2 is 1.47 bits per heavy atom. The van der Waals surface area contributed by atoms with Crippen molar-refractivity contribution in [3.8, 4) is 0 Å². The molecular formula is C26H34N4O4. The third-order valence-corrected chi connectivity index (χ3v) is 5.20. The maximum Gasteiger partial charge on any atom is 0.245 e. The molecule has 2 atom stereocenters. The Morgan fingerprint density at radius 3 is 2.00 bits per heavy atom. The fourth-order valence-corrected chi connectivity index (χ4v) is 3.64. The molecular weight excluding hydrogens is 432 g/mol. The molecule has 2 aromatic rings. The van der Waals surface area contributed by atoms with Crippen LogP contribution < -0.4 is 16.0 Å². The molecule has 2 aromatic carbocycles. The minimum absolute atomic E-state index is 0.0767. The van der Waals surface area contributed by atoms with Crippen molar-refractivity contribution in [3.05, 3.63) is 71.8 Å². The lowest BCUT2D eigenvalue weighted by Crippen LogP contribution is -2.54. The van der Waals surface area contributed by atoms with Crippen molar-refractivity contribution in [1.82, 2.24) is 20.9 Å². The van der Waals surface area contributed by atoms with Crippen LogP contribution in [-0.2, 0) is 32.0 Å². The molecule has 0 fully saturated rings. The highest BCUT2D eigenvalue weighted by Gasteiger charge is 2.27. The number of hydrogen-bond donors (Lipinski definition) is 3. The molecule has 0 saturated carbocycles. The van der Waals surface area contributed by atoms with Gasteiger partial charge in [0.15, 0.2) is 0 Å². The molecule has 0 aliphatic heterocycles. The molecule has 34 heavy (non-hydrogen) atoms. The molecule has 0 spiro atoms. The molecule has 8 heteroatoms. The van der Waals surface area contributed by atoms with Crippen LogP contribution in [0.15, 0.2) is 60.7 Å². The first-order valence-electron chi connectivity index (χ1n) is 11.5. The Kier molecular flexibility index (Phi) is 11.5. The van der Waals surface area contributed by atoms with Gasteiger partial charge in [0.2, 0.25) is 17.7 Å². The maximum absolute atomic E-state index is 13.4. The Bertz CT molecular complexity index is 921. The van der Waals surface area contributed by atoms with Gasteiger partial charge in [0.25, 0.3) is 0 Å². The average Bonchev–Trinajstić information content (AvgIpc) is 2.84. The molecule has 0 aromatic heterocycles. The summed E-state index contributed by atoms with van der Waals surface area (Å²) in [4.78, 5) is 51.4. The van der Waals surface area contributed by atoms with E-state index in [0.717, 1.165) is 11.1 Å². The van der Waals surface area contributed by atoms with Crippen LogP contribution in [0.1, 0.15) is 24.5 Å². The minimum atomic E-state index is -0.811. The Hall–Kier alpha value is -3.52. The number of hydrogen-bond acceptors (Lipinski definition) is 5. The van der Waals surface area contributed by atoms with Crippen molar-refractivity contribution in [2.24, 2.45) is 0 Å². The van der Waals surface area contributed by atoms with Gasteiger partial charge >= 0.3 is 0 Å². The van der Waals surface area contributed by atoms with Gasteiger partial charge in [-0.25, -0.2) is 0 Å². The quantitative estimate of drug-likeness (QED) is 0.362. The van der Waals surface area contributed by atoms with Gasteiger partial charge in [-0.05, 0) is 31.0 Å². The van der Waals surface area contributed by atoms with E-state index in [-0.39, 0.29) is 24.9 Å². The van der Waals surface area contributed by atoms with Gasteiger partial charge in [-0.2, -0.15) is 0 Å². The van der Waals surface area contributed by atoms with Gasteiger partial charge in [0.05, 0.1) is 19.1 Å². The average molecular weight is 467 g/mol. The van der Waals surface area contributed by atoms with Crippen molar-refractivity contribution in [2.75, 3.05) is 26.7 Å². The van der Waals surface area contributed by atoms with Crippen LogP contribution in [0.4, 0.5) is 0 Å². The summed E-state index contributed by atoms with van der Waals surface area (Å²) < 4.78 is 0. The van der Waals surface area contributed by atoms with E-state index < -0.39 is 18.0 Å². The van der Waals surface area contributed by atoms with Gasteiger partial charge in [-0.15, -0.1) is 0 Å². The standard InChI is InChI=1S/C26H34N4O4/c1-3-14-30(18-25(33)28-22(19-31)15-20-10-6-4-7-11-20)26(34)23(29-24(32)17-27-2)16-21-12-8-5-9-13-21/h4-13,19,22-23,27H,3,14-18H2,1-2H3,(H,28,33)(H,29,32). The zero-order valence-corrected chi connectivity index (χ0v) is 19.8. The van der Waals surface area contributed by atoms with Gasteiger partial charge < -0.3 is 25.6 Å². The van der Waals surface area contributed by atoms with Gasteiger partial charge in [0.1, 0.15) is 12.3 Å². The summed E-state index contributed by atoms with van der Waals surface area (Å²) >= 11 is 0. The summed E-state index contributed by atoms with van der Waals surface area (Å²) in [5, 5.41) is 8.27. The van der Waals surface area contributed by atoms with Crippen LogP contribution in [-0.4, -0.2) is 67.7 Å². The number of carbonyl (C=O) groups is 4. The zero-order valence-electron chi connectivity index (χ0n) is 19.8. The second-order valence-electron chi connectivity index (χ2n) is 8.10. The zero-order chi connectivity index (χ0) is 24.8. The van der Waals surface area contributed by atoms with Crippen molar-refractivity contribution in [3.63, 3.8) is 0 Å². The van der Waals surface area contributed by atoms with Crippen LogP contribution >= 0.6 is 0 Å². The van der Waals surface area contributed by atoms with Crippen LogP contribution in [0.2, 0.25) is 0 Å². The van der Waals surface area contributed by atoms with E-state index in [1.54, 1.807) is 7.05 Å². The molecule has 2 rings (SSSR count). The Balaban J connectivity index is 2.09. The fraction of sp³-hybridized carbons (Fsp3) is 0.385. The molecule has 0 aliphatic carbocycles. The summed E-state index contributed by atoms with van der Waals surface area (Å²) in [6, 6.07) is 17.3. The number of nitrogens with one attached hydrogen (secondary N) is 3. The van der Waals surface area contributed by atoms with E-state index in [4.69, 9.17) is 0 Å². The lowest BCUT2D eigenvalue weighted by Gasteiger charge is -2.28. The first-order chi connectivity index (χ1) is 16.5. The number of nitrogens with zero attached hydrogens (tertiary/aromatic N) is 1. The molecule has 182 valence electrons. The Morgan fingerprint density at radius 1 is 0.882 bits per heavy atom. The van der Waals surface area contributed by atoms with Crippen molar-refractivity contribution < 1.29 is 19.2 Å². The summed E-state index contributed by atoms with van der Waals surface area (Å²) in [6.07, 6.45) is 2.02. The second-order valence-corrected chi connectivity index (χ2v) is 8.10. The normalized spacial score (nSPS) is 12.3. The van der Waals surface area contributed by atoms with E-state index in [1.165, 1.54) is 4.90 Å². The van der Waals surface area contributed by atoms with Crippen LogP contribution in [0.5, 0.6) is 0 Å². The number of likely N-dealkylation sites (N-methyl/N-ethyl adjacent to an activating group) is 1. The van der Waals surface area contributed by atoms with Crippen LogP contribution in [0, 0.1) is 0 Å². The van der Waals surface area contributed by atoms with Gasteiger partial charge in [-0.1, -0.05) is 67.6 Å². The SMILES string of the molecule is CCCN(CC(=O)NC(C=O)Cc1ccccc1)C(=O)C(Cc1ccccc1)NC(=O)CNC. The lowest BCUT2D eigenvalue weighted by molar-refractivity contribution is -0.139. The molecule has 0 bridgehead atoms. The monoisotopic (exact) mass is 466 g/mol. The lowest BCUT2D eigenvalue weighted by atomic mass is 10.0. The first-order valence-corrected chi connectivity index (χ1v) is 11.5. The highest BCUT2D eigenvalue weighted by molar-refractivity contribution is 5.91. The van der Waals surface area contributed by atoms with E-state index in [1.807, 2.05) is 67.6 Å². The van der Waals surface area contributed by atoms with E-state index in [0.29, 0.717) is 32.1 Å². The number of rotatable bonds is 14. The van der Waals surface area contributed by atoms with Crippen molar-refractivity contribution >= 4 is 24.0 Å². The van der Waals surface area contributed by atoms with E-state index in [2.05, 4.69) is 16.0 Å². The second kappa shape index (κ2) is 14.6. The third kappa shape index (κ3) is 9.15. The molecule has 2 unspecified atom stereocenters. The number of aldehydes is 1. The number of carbonyl (C=O) groups excluding carboxylic acids is 4. The largest absolute Gasteiger partial charge is 0.345 e. The molecule has 0 heterocycles. The topological polar surface area (TPSA) is 108 Å². The first kappa shape index (κ1) is 26.7. The molecule has 3 amide bonds. The molecule has 8 nitrogen and oxygen atoms in total. The van der Waals surface area contributed by atoms with Gasteiger partial charge in [-0.3, -0.25) is 14.4 Å². The van der Waals surface area contributed by atoms with Crippen LogP contribution in [0.25, 0.3) is 0 Å². The highest BCUT2D eigenvalue weighted by atomic mass is 16.2. The van der Waals surface area contributed by atoms with Crippen molar-refractivity contribution in [1.29, 1.82) is 0 Å². The van der Waals surface area contributed by atoms with Crippen molar-refractivity contribution in [2.45, 2.75) is 38.3 Å². The molecule has 0 radical (unpaired) electrons. The molecule has 0 aliphatic rings. The summed E-state index contributed by atoms with van der Waals surface area (Å²) in [7, 11) is 1.65. The van der Waals surface area contributed by atoms with E-state index in [9.17, 15) is 19.2 Å². The summed E-state index contributed by atoms with van der Waals surface area (Å²) in [6.45, 7) is 2.14. The predicted octanol–water partition coefficient (Wildman–Crippen LogP) is 1.10. The predicted molar refractivity (Wildman–Crippen MR) is 131 cm³/mol. The fourth-order valence-electron chi connectivity index (χ4n) is 3.64. The summed E-state index contributed by atoms with van der Waals surface area (Å²) in [5.74, 6) is -1.06. The minimum Gasteiger partial charge on any atom is -0.345 e. The van der Waals surface area contributed by atoms with Crippen LogP contribution in [0.3, 0.4) is 0 Å².